The number of aromatic nitrogens is 3. The molecule has 0 atom stereocenters. The van der Waals surface area contributed by atoms with Gasteiger partial charge in [0.15, 0.2) is 0 Å². The number of nitrogens with zero attached hydrogens (tertiary/aromatic N) is 3. The van der Waals surface area contributed by atoms with Crippen LogP contribution in [0, 0.1) is 5.82 Å². The van der Waals surface area contributed by atoms with E-state index in [1.54, 1.807) is 23.8 Å². The van der Waals surface area contributed by atoms with Gasteiger partial charge in [-0.05, 0) is 60.5 Å². The lowest BCUT2D eigenvalue weighted by molar-refractivity contribution is -0.140. The highest BCUT2D eigenvalue weighted by atomic mass is 19.4. The third-order valence-corrected chi connectivity index (χ3v) is 5.83. The quantitative estimate of drug-likeness (QED) is 0.322. The van der Waals surface area contributed by atoms with Gasteiger partial charge >= 0.3 is 11.9 Å². The van der Waals surface area contributed by atoms with E-state index in [0.717, 1.165) is 22.9 Å². The molecule has 0 N–H and O–H groups in total. The number of fused-ring (bicyclic) bond motifs is 3. The fourth-order valence-corrected chi connectivity index (χ4v) is 4.01. The van der Waals surface area contributed by atoms with Crippen LogP contribution in [0.5, 0.6) is 23.1 Å². The van der Waals surface area contributed by atoms with Crippen LogP contribution in [0.2, 0.25) is 0 Å². The van der Waals surface area contributed by atoms with E-state index < -0.39 is 23.2 Å². The molecule has 0 amide bonds. The number of rotatable bonds is 6. The molecule has 37 heavy (non-hydrogen) atoms. The van der Waals surface area contributed by atoms with Gasteiger partial charge in [-0.3, -0.25) is 9.55 Å². The van der Waals surface area contributed by atoms with Gasteiger partial charge in [0, 0.05) is 18.2 Å². The molecule has 2 aromatic heterocycles. The maximum atomic E-state index is 13.5. The van der Waals surface area contributed by atoms with Crippen molar-refractivity contribution in [1.82, 2.24) is 14.5 Å². The predicted molar refractivity (Wildman–Crippen MR) is 124 cm³/mol. The van der Waals surface area contributed by atoms with E-state index in [1.807, 2.05) is 18.2 Å². The first-order valence-corrected chi connectivity index (χ1v) is 11.1. The van der Waals surface area contributed by atoms with Gasteiger partial charge in [0.05, 0.1) is 30.3 Å². The van der Waals surface area contributed by atoms with E-state index in [2.05, 4.69) is 9.97 Å². The molecule has 0 saturated carbocycles. The molecule has 4 aromatic rings. The van der Waals surface area contributed by atoms with Crippen LogP contribution in [0.3, 0.4) is 0 Å². The smallest absolute Gasteiger partial charge is 0.419 e. The second-order valence-electron chi connectivity index (χ2n) is 8.20. The number of hydrogen-bond acceptors (Lipinski definition) is 6. The van der Waals surface area contributed by atoms with Crippen LogP contribution in [0.1, 0.15) is 16.8 Å². The summed E-state index contributed by atoms with van der Waals surface area (Å²) >= 11 is 0. The summed E-state index contributed by atoms with van der Waals surface area (Å²) in [5.74, 6) is -0.548. The van der Waals surface area contributed by atoms with Crippen molar-refractivity contribution < 1.29 is 31.8 Å². The highest BCUT2D eigenvalue weighted by Gasteiger charge is 2.34. The first kappa shape index (κ1) is 24.3. The lowest BCUT2D eigenvalue weighted by atomic mass is 9.97. The Labute approximate surface area is 207 Å². The molecule has 1 aliphatic rings. The zero-order chi connectivity index (χ0) is 26.2. The lowest BCUT2D eigenvalue weighted by Gasteiger charge is -2.22. The molecule has 5 rings (SSSR count). The van der Waals surface area contributed by atoms with Crippen LogP contribution >= 0.6 is 0 Å². The summed E-state index contributed by atoms with van der Waals surface area (Å²) in [4.78, 5) is 20.7. The fourth-order valence-electron chi connectivity index (χ4n) is 4.01. The first-order valence-electron chi connectivity index (χ1n) is 11.1. The molecule has 0 unspecified atom stereocenters. The third-order valence-electron chi connectivity index (χ3n) is 5.83. The molecule has 3 heterocycles. The van der Waals surface area contributed by atoms with Crippen molar-refractivity contribution in [3.8, 4) is 34.4 Å². The summed E-state index contributed by atoms with van der Waals surface area (Å²) < 4.78 is 70.2. The molecule has 7 nitrogen and oxygen atoms in total. The summed E-state index contributed by atoms with van der Waals surface area (Å²) in [6.45, 7) is 0.476. The molecular weight excluding hydrogens is 494 g/mol. The summed E-state index contributed by atoms with van der Waals surface area (Å²) in [6.07, 6.45) is -2.87. The van der Waals surface area contributed by atoms with Gasteiger partial charge in [0.2, 0.25) is 5.88 Å². The fraction of sp³-hybridized carbons (Fsp3) is 0.192. The van der Waals surface area contributed by atoms with Crippen molar-refractivity contribution in [3.63, 3.8) is 0 Å². The van der Waals surface area contributed by atoms with Crippen molar-refractivity contribution in [2.75, 3.05) is 7.11 Å². The zero-order valence-corrected chi connectivity index (χ0v) is 19.4. The van der Waals surface area contributed by atoms with E-state index in [4.69, 9.17) is 14.2 Å². The van der Waals surface area contributed by atoms with E-state index in [1.165, 1.54) is 12.3 Å². The summed E-state index contributed by atoms with van der Waals surface area (Å²) in [5.41, 5.74) is 1.25. The lowest BCUT2D eigenvalue weighted by Crippen LogP contribution is -2.28. The normalized spacial score (nSPS) is 12.5. The summed E-state index contributed by atoms with van der Waals surface area (Å²) in [6, 6.07) is 12.7. The molecule has 0 fully saturated rings. The third kappa shape index (κ3) is 5.11. The molecule has 0 aliphatic carbocycles. The van der Waals surface area contributed by atoms with Gasteiger partial charge < -0.3 is 14.2 Å². The number of hydrogen-bond donors (Lipinski definition) is 0. The summed E-state index contributed by atoms with van der Waals surface area (Å²) in [7, 11) is 1.60. The van der Waals surface area contributed by atoms with Crippen LogP contribution in [-0.4, -0.2) is 21.6 Å². The van der Waals surface area contributed by atoms with Crippen LogP contribution < -0.4 is 19.9 Å². The minimum absolute atomic E-state index is 0.0135. The number of methoxy groups -OCH3 is 1. The second-order valence-corrected chi connectivity index (χ2v) is 8.20. The highest BCUT2D eigenvalue weighted by Crippen LogP contribution is 2.35. The van der Waals surface area contributed by atoms with Crippen LogP contribution in [0.15, 0.2) is 65.6 Å². The van der Waals surface area contributed by atoms with Crippen molar-refractivity contribution in [3.05, 3.63) is 93.9 Å². The minimum Gasteiger partial charge on any atom is -0.497 e. The van der Waals surface area contributed by atoms with Crippen molar-refractivity contribution in [2.24, 2.45) is 0 Å². The SMILES string of the molecule is COc1ccc2c(c1)CCn1c-2cc(OCc2ccc(Oc3ccc(F)c(C(F)(F)F)c3)cn2)nc1=O. The Morgan fingerprint density at radius 2 is 1.78 bits per heavy atom. The van der Waals surface area contributed by atoms with Gasteiger partial charge in [-0.2, -0.15) is 18.2 Å². The Bertz CT molecular complexity index is 1520. The topological polar surface area (TPSA) is 75.5 Å². The number of aryl methyl sites for hydroxylation is 1. The largest absolute Gasteiger partial charge is 0.497 e. The number of ether oxygens (including phenoxy) is 3. The average molecular weight is 513 g/mol. The molecule has 11 heteroatoms. The van der Waals surface area contributed by atoms with E-state index in [-0.39, 0.29) is 24.0 Å². The van der Waals surface area contributed by atoms with Crippen molar-refractivity contribution in [2.45, 2.75) is 25.7 Å². The number of halogens is 4. The van der Waals surface area contributed by atoms with Crippen LogP contribution in [0.4, 0.5) is 17.6 Å². The molecule has 190 valence electrons. The highest BCUT2D eigenvalue weighted by molar-refractivity contribution is 5.67. The molecule has 0 saturated heterocycles. The van der Waals surface area contributed by atoms with Gasteiger partial charge in [0.25, 0.3) is 0 Å². The molecule has 0 bridgehead atoms. The Hall–Kier alpha value is -4.41. The van der Waals surface area contributed by atoms with Gasteiger partial charge in [-0.25, -0.2) is 9.18 Å². The average Bonchev–Trinajstić information content (AvgIpc) is 2.88. The van der Waals surface area contributed by atoms with Gasteiger partial charge in [-0.1, -0.05) is 0 Å². The Morgan fingerprint density at radius 3 is 2.51 bits per heavy atom. The maximum Gasteiger partial charge on any atom is 0.419 e. The van der Waals surface area contributed by atoms with E-state index in [0.29, 0.717) is 36.5 Å². The Morgan fingerprint density at radius 1 is 1.00 bits per heavy atom. The first-order chi connectivity index (χ1) is 17.7. The Kier molecular flexibility index (Phi) is 6.28. The summed E-state index contributed by atoms with van der Waals surface area (Å²) in [5, 5.41) is 0. The number of benzene rings is 2. The van der Waals surface area contributed by atoms with E-state index in [9.17, 15) is 22.4 Å². The molecular formula is C26H19F4N3O4. The molecule has 2 aromatic carbocycles. The van der Waals surface area contributed by atoms with Gasteiger partial charge in [-0.15, -0.1) is 0 Å². The van der Waals surface area contributed by atoms with Gasteiger partial charge in [0.1, 0.15) is 29.7 Å². The molecule has 0 radical (unpaired) electrons. The van der Waals surface area contributed by atoms with E-state index >= 15 is 0 Å². The monoisotopic (exact) mass is 513 g/mol. The van der Waals surface area contributed by atoms with Crippen molar-refractivity contribution in [1.29, 1.82) is 0 Å². The predicted octanol–water partition coefficient (Wildman–Crippen LogP) is 5.40. The van der Waals surface area contributed by atoms with Crippen LogP contribution in [-0.2, 0) is 25.7 Å². The zero-order valence-electron chi connectivity index (χ0n) is 19.4. The second kappa shape index (κ2) is 9.57. The number of alkyl halides is 3. The number of pyridine rings is 1. The maximum absolute atomic E-state index is 13.5. The standard InChI is InChI=1S/C26H19F4N3O4/c1-35-17-4-6-20-15(10-17)8-9-33-23(20)12-24(32-25(33)34)36-14-16-2-3-19(13-31-16)37-18-5-7-22(27)21(11-18)26(28,29)30/h2-7,10-13H,8-9,14H2,1H3. The van der Waals surface area contributed by atoms with Crippen LogP contribution in [0.25, 0.3) is 11.3 Å². The molecule has 1 aliphatic heterocycles. The molecule has 0 spiro atoms. The van der Waals surface area contributed by atoms with Crippen molar-refractivity contribution >= 4 is 0 Å². The Balaban J connectivity index is 1.29. The minimum atomic E-state index is -4.84.